The number of nitrogens with zero attached hydrogens (tertiary/aromatic N) is 4. The van der Waals surface area contributed by atoms with Crippen molar-refractivity contribution in [3.05, 3.63) is 11.5 Å². The summed E-state index contributed by atoms with van der Waals surface area (Å²) in [6, 6.07) is 0. The van der Waals surface area contributed by atoms with E-state index in [2.05, 4.69) is 19.7 Å². The van der Waals surface area contributed by atoms with Gasteiger partial charge in [-0.15, -0.1) is 5.10 Å². The fourth-order valence-electron chi connectivity index (χ4n) is 1.51. The van der Waals surface area contributed by atoms with E-state index in [1.807, 2.05) is 6.92 Å². The lowest BCUT2D eigenvalue weighted by molar-refractivity contribution is 0.135. The van der Waals surface area contributed by atoms with Crippen molar-refractivity contribution in [2.45, 2.75) is 25.8 Å². The van der Waals surface area contributed by atoms with Crippen molar-refractivity contribution in [2.24, 2.45) is 5.73 Å². The molecule has 0 saturated heterocycles. The van der Waals surface area contributed by atoms with Gasteiger partial charge in [0.1, 0.15) is 10.4 Å². The highest BCUT2D eigenvalue weighted by Crippen LogP contribution is 2.26. The molecule has 0 radical (unpaired) electrons. The van der Waals surface area contributed by atoms with Gasteiger partial charge in [-0.05, 0) is 24.9 Å². The molecular weight excluding hydrogens is 254 g/mol. The van der Waals surface area contributed by atoms with E-state index in [1.165, 1.54) is 11.5 Å². The standard InChI is InChI=1S/C10H15N5O2S/c1-4-6-7(18-15-13-6)8-12-9(14-17-8)10(2,11)5-16-3/h4-5,11H2,1-3H3. The lowest BCUT2D eigenvalue weighted by atomic mass is 10.1. The Hall–Kier alpha value is -1.38. The molecule has 0 aliphatic carbocycles. The Morgan fingerprint density at radius 2 is 2.28 bits per heavy atom. The highest BCUT2D eigenvalue weighted by molar-refractivity contribution is 7.09. The summed E-state index contributed by atoms with van der Waals surface area (Å²) in [7, 11) is 1.58. The van der Waals surface area contributed by atoms with Crippen LogP contribution < -0.4 is 5.73 Å². The Bertz CT molecular complexity index is 522. The molecule has 0 aliphatic rings. The van der Waals surface area contributed by atoms with Gasteiger partial charge in [-0.1, -0.05) is 16.6 Å². The monoisotopic (exact) mass is 269 g/mol. The number of nitrogens with two attached hydrogens (primary N) is 1. The first-order valence-corrected chi connectivity index (χ1v) is 6.29. The predicted octanol–water partition coefficient (Wildman–Crippen LogP) is 0.971. The van der Waals surface area contributed by atoms with Crippen LogP contribution in [0.1, 0.15) is 25.4 Å². The van der Waals surface area contributed by atoms with Crippen LogP contribution in [0.5, 0.6) is 0 Å². The van der Waals surface area contributed by atoms with Crippen LogP contribution in [0.15, 0.2) is 4.52 Å². The largest absolute Gasteiger partial charge is 0.382 e. The molecule has 0 amide bonds. The summed E-state index contributed by atoms with van der Waals surface area (Å²) in [6.45, 7) is 4.10. The molecule has 0 saturated carbocycles. The van der Waals surface area contributed by atoms with Gasteiger partial charge in [-0.2, -0.15) is 4.98 Å². The van der Waals surface area contributed by atoms with Crippen molar-refractivity contribution in [1.82, 2.24) is 19.7 Å². The molecule has 0 bridgehead atoms. The zero-order valence-corrected chi connectivity index (χ0v) is 11.3. The average Bonchev–Trinajstić information content (AvgIpc) is 2.97. The molecule has 0 spiro atoms. The maximum atomic E-state index is 6.05. The van der Waals surface area contributed by atoms with E-state index in [4.69, 9.17) is 15.0 Å². The quantitative estimate of drug-likeness (QED) is 0.863. The fourth-order valence-corrected chi connectivity index (χ4v) is 2.19. The molecule has 2 aromatic heterocycles. The topological polar surface area (TPSA) is 100.0 Å². The Morgan fingerprint density at radius 3 is 2.94 bits per heavy atom. The summed E-state index contributed by atoms with van der Waals surface area (Å²) in [5.41, 5.74) is 6.12. The van der Waals surface area contributed by atoms with Crippen LogP contribution in [-0.2, 0) is 16.7 Å². The van der Waals surface area contributed by atoms with Crippen LogP contribution in [0.2, 0.25) is 0 Å². The first kappa shape index (κ1) is 13.1. The summed E-state index contributed by atoms with van der Waals surface area (Å²) in [5, 5.41) is 7.90. The molecule has 8 heteroatoms. The Labute approximate surface area is 109 Å². The number of hydrogen-bond donors (Lipinski definition) is 1. The zero-order valence-electron chi connectivity index (χ0n) is 10.5. The molecule has 2 rings (SSSR count). The van der Waals surface area contributed by atoms with Crippen molar-refractivity contribution in [3.8, 4) is 10.8 Å². The molecule has 18 heavy (non-hydrogen) atoms. The van der Waals surface area contributed by atoms with Crippen LogP contribution >= 0.6 is 11.5 Å². The number of ether oxygens (including phenoxy) is 1. The van der Waals surface area contributed by atoms with E-state index < -0.39 is 5.54 Å². The van der Waals surface area contributed by atoms with Gasteiger partial charge in [0.2, 0.25) is 0 Å². The van der Waals surface area contributed by atoms with E-state index in [-0.39, 0.29) is 0 Å². The van der Waals surface area contributed by atoms with Gasteiger partial charge in [-0.3, -0.25) is 0 Å². The number of methoxy groups -OCH3 is 1. The van der Waals surface area contributed by atoms with Gasteiger partial charge in [0.05, 0.1) is 12.3 Å². The highest BCUT2D eigenvalue weighted by atomic mass is 32.1. The number of rotatable bonds is 5. The molecule has 2 N–H and O–H groups in total. The van der Waals surface area contributed by atoms with E-state index in [1.54, 1.807) is 14.0 Å². The van der Waals surface area contributed by atoms with Gasteiger partial charge >= 0.3 is 0 Å². The van der Waals surface area contributed by atoms with E-state index in [0.717, 1.165) is 17.0 Å². The van der Waals surface area contributed by atoms with Crippen molar-refractivity contribution in [3.63, 3.8) is 0 Å². The van der Waals surface area contributed by atoms with Crippen molar-refractivity contribution in [1.29, 1.82) is 0 Å². The maximum Gasteiger partial charge on any atom is 0.271 e. The minimum Gasteiger partial charge on any atom is -0.382 e. The molecule has 98 valence electrons. The van der Waals surface area contributed by atoms with E-state index in [9.17, 15) is 0 Å². The summed E-state index contributed by atoms with van der Waals surface area (Å²) >= 11 is 1.24. The van der Waals surface area contributed by atoms with E-state index in [0.29, 0.717) is 18.3 Å². The van der Waals surface area contributed by atoms with Gasteiger partial charge in [0.25, 0.3) is 5.89 Å². The van der Waals surface area contributed by atoms with Gasteiger partial charge in [0, 0.05) is 7.11 Å². The lowest BCUT2D eigenvalue weighted by Crippen LogP contribution is -2.38. The molecule has 0 aromatic carbocycles. The molecule has 0 aliphatic heterocycles. The summed E-state index contributed by atoms with van der Waals surface area (Å²) in [5.74, 6) is 0.819. The number of aryl methyl sites for hydroxylation is 1. The molecule has 1 atom stereocenters. The molecule has 7 nitrogen and oxygen atoms in total. The van der Waals surface area contributed by atoms with Gasteiger partial charge in [0.15, 0.2) is 5.82 Å². The molecule has 2 aromatic rings. The third-order valence-electron chi connectivity index (χ3n) is 2.47. The number of hydrogen-bond acceptors (Lipinski definition) is 8. The van der Waals surface area contributed by atoms with Crippen molar-refractivity contribution >= 4 is 11.5 Å². The minimum absolute atomic E-state index is 0.313. The van der Waals surface area contributed by atoms with Gasteiger partial charge < -0.3 is 15.0 Å². The second-order valence-corrected chi connectivity index (χ2v) is 4.93. The molecule has 2 heterocycles. The third-order valence-corrected chi connectivity index (χ3v) is 3.22. The summed E-state index contributed by atoms with van der Waals surface area (Å²) in [6.07, 6.45) is 0.765. The SMILES string of the molecule is CCc1nnsc1-c1nc(C(C)(N)COC)no1. The number of aromatic nitrogens is 4. The smallest absolute Gasteiger partial charge is 0.271 e. The second-order valence-electron chi connectivity index (χ2n) is 4.18. The fraction of sp³-hybridized carbons (Fsp3) is 0.600. The Balaban J connectivity index is 2.31. The average molecular weight is 269 g/mol. The maximum absolute atomic E-state index is 6.05. The molecular formula is C10H15N5O2S. The predicted molar refractivity (Wildman–Crippen MR) is 66.0 cm³/mol. The first-order valence-electron chi connectivity index (χ1n) is 5.52. The Kier molecular flexibility index (Phi) is 3.69. The molecule has 1 unspecified atom stereocenters. The summed E-state index contributed by atoms with van der Waals surface area (Å²) < 4.78 is 14.1. The highest BCUT2D eigenvalue weighted by Gasteiger charge is 2.28. The van der Waals surface area contributed by atoms with Crippen LogP contribution in [0, 0.1) is 0 Å². The van der Waals surface area contributed by atoms with Crippen molar-refractivity contribution < 1.29 is 9.26 Å². The summed E-state index contributed by atoms with van der Waals surface area (Å²) in [4.78, 5) is 5.10. The van der Waals surface area contributed by atoms with Crippen molar-refractivity contribution in [2.75, 3.05) is 13.7 Å². The molecule has 0 fully saturated rings. The normalized spacial score (nSPS) is 14.7. The van der Waals surface area contributed by atoms with Gasteiger partial charge in [-0.25, -0.2) is 0 Å². The van der Waals surface area contributed by atoms with Crippen LogP contribution in [0.25, 0.3) is 10.8 Å². The van der Waals surface area contributed by atoms with Crippen LogP contribution in [0.3, 0.4) is 0 Å². The second kappa shape index (κ2) is 5.09. The minimum atomic E-state index is -0.777. The third kappa shape index (κ3) is 2.40. The van der Waals surface area contributed by atoms with E-state index >= 15 is 0 Å². The Morgan fingerprint density at radius 1 is 1.50 bits per heavy atom. The van der Waals surface area contributed by atoms with Crippen LogP contribution in [0.4, 0.5) is 0 Å². The lowest BCUT2D eigenvalue weighted by Gasteiger charge is -2.18. The van der Waals surface area contributed by atoms with Crippen LogP contribution in [-0.4, -0.2) is 33.4 Å². The first-order chi connectivity index (χ1) is 8.58. The zero-order chi connectivity index (χ0) is 13.2.